The van der Waals surface area contributed by atoms with Gasteiger partial charge in [-0.25, -0.2) is 23.2 Å². The van der Waals surface area contributed by atoms with Gasteiger partial charge in [-0.05, 0) is 31.0 Å². The molecule has 4 aromatic rings. The fourth-order valence-corrected chi connectivity index (χ4v) is 4.96. The highest BCUT2D eigenvalue weighted by molar-refractivity contribution is 7.19. The van der Waals surface area contributed by atoms with Crippen LogP contribution < -0.4 is 5.32 Å². The lowest BCUT2D eigenvalue weighted by Crippen LogP contribution is -2.09. The van der Waals surface area contributed by atoms with Crippen LogP contribution in [-0.4, -0.2) is 36.7 Å². The van der Waals surface area contributed by atoms with Crippen LogP contribution in [-0.2, 0) is 17.6 Å². The summed E-state index contributed by atoms with van der Waals surface area (Å²) >= 11 is 1.21. The number of hydrogen-bond donors (Lipinski definition) is 2. The number of pyridine rings is 1. The quantitative estimate of drug-likeness (QED) is 0.468. The maximum Gasteiger partial charge on any atom is 0.338 e. The van der Waals surface area contributed by atoms with Gasteiger partial charge in [0.2, 0.25) is 5.91 Å². The zero-order chi connectivity index (χ0) is 23.3. The van der Waals surface area contributed by atoms with E-state index in [-0.39, 0.29) is 11.6 Å². The smallest absolute Gasteiger partial charge is 0.338 e. The van der Waals surface area contributed by atoms with Crippen LogP contribution in [0.15, 0.2) is 36.7 Å². The van der Waals surface area contributed by atoms with Gasteiger partial charge in [0.1, 0.15) is 17.3 Å². The molecule has 3 aromatic heterocycles. The fraction of sp³-hybridized carbons (Fsp3) is 0.136. The first-order valence-electron chi connectivity index (χ1n) is 9.86. The number of thiazole rings is 1. The molecular formula is C22H15F2N5O3S. The Bertz CT molecular complexity index is 1430. The van der Waals surface area contributed by atoms with Crippen molar-refractivity contribution < 1.29 is 23.5 Å². The van der Waals surface area contributed by atoms with E-state index in [9.17, 15) is 14.0 Å². The number of aromatic nitrogens is 4. The Labute approximate surface area is 189 Å². The molecule has 0 aliphatic heterocycles. The van der Waals surface area contributed by atoms with E-state index in [1.54, 1.807) is 18.5 Å². The summed E-state index contributed by atoms with van der Waals surface area (Å²) in [7, 11) is 0. The normalized spacial score (nSPS) is 12.2. The number of carbonyl (C=O) groups is 2. The number of hydrogen-bond acceptors (Lipinski definition) is 6. The Morgan fingerprint density at radius 1 is 1.21 bits per heavy atom. The van der Waals surface area contributed by atoms with Crippen molar-refractivity contribution in [3.63, 3.8) is 0 Å². The monoisotopic (exact) mass is 467 g/mol. The molecule has 0 bridgehead atoms. The van der Waals surface area contributed by atoms with Crippen molar-refractivity contribution in [3.05, 3.63) is 65.1 Å². The van der Waals surface area contributed by atoms with Gasteiger partial charge in [0.05, 0.1) is 27.5 Å². The molecule has 3 heterocycles. The number of carbonyl (C=O) groups excluding carboxylic acids is 1. The maximum absolute atomic E-state index is 15.0. The molecule has 0 saturated carbocycles. The molecule has 0 fully saturated rings. The predicted molar refractivity (Wildman–Crippen MR) is 116 cm³/mol. The molecule has 0 radical (unpaired) electrons. The van der Waals surface area contributed by atoms with Crippen LogP contribution in [0, 0.1) is 11.6 Å². The fourth-order valence-electron chi connectivity index (χ4n) is 3.85. The Morgan fingerprint density at radius 2 is 2.03 bits per heavy atom. The van der Waals surface area contributed by atoms with E-state index >= 15 is 4.39 Å². The zero-order valence-electron chi connectivity index (χ0n) is 17.1. The number of anilines is 1. The third-order valence-corrected chi connectivity index (χ3v) is 6.24. The van der Waals surface area contributed by atoms with Crippen molar-refractivity contribution in [2.24, 2.45) is 0 Å². The number of aryl methyl sites for hydroxylation is 1. The van der Waals surface area contributed by atoms with Gasteiger partial charge in [0.25, 0.3) is 0 Å². The SMILES string of the molecule is CC(=O)Nc1nc2c(s1)-c1c(c(-c3cccnc3)nn1-c1cc(F)c(C(=O)O)cc1F)CC2. The van der Waals surface area contributed by atoms with E-state index in [1.165, 1.54) is 22.9 Å². The van der Waals surface area contributed by atoms with E-state index in [1.807, 2.05) is 6.07 Å². The van der Waals surface area contributed by atoms with Gasteiger partial charge < -0.3 is 10.4 Å². The summed E-state index contributed by atoms with van der Waals surface area (Å²) in [5.41, 5.74) is 2.28. The van der Waals surface area contributed by atoms with Crippen molar-refractivity contribution in [2.45, 2.75) is 19.8 Å². The molecule has 166 valence electrons. The highest BCUT2D eigenvalue weighted by Crippen LogP contribution is 2.44. The van der Waals surface area contributed by atoms with Crippen molar-refractivity contribution in [1.29, 1.82) is 0 Å². The molecule has 2 N–H and O–H groups in total. The lowest BCUT2D eigenvalue weighted by atomic mass is 9.95. The second-order valence-corrected chi connectivity index (χ2v) is 8.39. The van der Waals surface area contributed by atoms with Crippen LogP contribution in [0.2, 0.25) is 0 Å². The highest BCUT2D eigenvalue weighted by atomic mass is 32.1. The van der Waals surface area contributed by atoms with Crippen LogP contribution in [0.3, 0.4) is 0 Å². The molecule has 1 aliphatic rings. The zero-order valence-corrected chi connectivity index (χ0v) is 17.9. The van der Waals surface area contributed by atoms with Crippen LogP contribution in [0.25, 0.3) is 27.5 Å². The molecule has 1 aromatic carbocycles. The lowest BCUT2D eigenvalue weighted by molar-refractivity contribution is -0.114. The predicted octanol–water partition coefficient (Wildman–Crippen LogP) is 4.09. The summed E-state index contributed by atoms with van der Waals surface area (Å²) in [5.74, 6) is -3.86. The minimum atomic E-state index is -1.57. The summed E-state index contributed by atoms with van der Waals surface area (Å²) in [4.78, 5) is 32.0. The number of aromatic carboxylic acids is 1. The number of rotatable bonds is 4. The van der Waals surface area contributed by atoms with E-state index in [0.717, 1.165) is 11.6 Å². The topological polar surface area (TPSA) is 110 Å². The van der Waals surface area contributed by atoms with E-state index < -0.39 is 23.2 Å². The summed E-state index contributed by atoms with van der Waals surface area (Å²) in [6.07, 6.45) is 4.36. The Morgan fingerprint density at radius 3 is 2.73 bits per heavy atom. The molecule has 5 rings (SSSR count). The molecule has 0 atom stereocenters. The van der Waals surface area contributed by atoms with E-state index in [2.05, 4.69) is 20.4 Å². The number of fused-ring (bicyclic) bond motifs is 3. The molecule has 0 spiro atoms. The Hall–Kier alpha value is -3.99. The van der Waals surface area contributed by atoms with Crippen molar-refractivity contribution >= 4 is 28.3 Å². The number of nitrogens with zero attached hydrogens (tertiary/aromatic N) is 4. The van der Waals surface area contributed by atoms with E-state index in [0.29, 0.717) is 51.6 Å². The average Bonchev–Trinajstić information content (AvgIpc) is 3.35. The number of carboxylic acid groups (broad SMARTS) is 1. The second kappa shape index (κ2) is 7.85. The third kappa shape index (κ3) is 3.55. The van der Waals surface area contributed by atoms with Crippen molar-refractivity contribution in [3.8, 4) is 27.5 Å². The number of amides is 1. The minimum Gasteiger partial charge on any atom is -0.478 e. The number of benzene rings is 1. The van der Waals surface area contributed by atoms with Gasteiger partial charge in [-0.3, -0.25) is 9.78 Å². The van der Waals surface area contributed by atoms with Gasteiger partial charge in [0.15, 0.2) is 5.13 Å². The van der Waals surface area contributed by atoms with Crippen LogP contribution in [0.1, 0.15) is 28.5 Å². The maximum atomic E-state index is 15.0. The molecule has 8 nitrogen and oxygen atoms in total. The minimum absolute atomic E-state index is 0.230. The lowest BCUT2D eigenvalue weighted by Gasteiger charge is -2.15. The van der Waals surface area contributed by atoms with Gasteiger partial charge in [0, 0.05) is 36.5 Å². The molecule has 11 heteroatoms. The van der Waals surface area contributed by atoms with Crippen LogP contribution in [0.5, 0.6) is 0 Å². The van der Waals surface area contributed by atoms with E-state index in [4.69, 9.17) is 5.11 Å². The summed E-state index contributed by atoms with van der Waals surface area (Å²) in [6, 6.07) is 5.03. The third-order valence-electron chi connectivity index (χ3n) is 5.22. The average molecular weight is 467 g/mol. The largest absolute Gasteiger partial charge is 0.478 e. The molecule has 0 unspecified atom stereocenters. The molecule has 33 heavy (non-hydrogen) atoms. The molecule has 0 saturated heterocycles. The first kappa shape index (κ1) is 20.9. The highest BCUT2D eigenvalue weighted by Gasteiger charge is 2.31. The first-order chi connectivity index (χ1) is 15.8. The first-order valence-corrected chi connectivity index (χ1v) is 10.7. The van der Waals surface area contributed by atoms with Gasteiger partial charge in [-0.15, -0.1) is 0 Å². The summed E-state index contributed by atoms with van der Waals surface area (Å²) < 4.78 is 30.8. The van der Waals surface area contributed by atoms with Gasteiger partial charge in [-0.1, -0.05) is 11.3 Å². The molecular weight excluding hydrogens is 452 g/mol. The van der Waals surface area contributed by atoms with Crippen molar-refractivity contribution in [1.82, 2.24) is 19.7 Å². The summed E-state index contributed by atoms with van der Waals surface area (Å²) in [5, 5.41) is 16.8. The molecule has 1 aliphatic carbocycles. The number of nitrogens with one attached hydrogen (secondary N) is 1. The number of carboxylic acids is 1. The van der Waals surface area contributed by atoms with Crippen LogP contribution in [0.4, 0.5) is 13.9 Å². The Balaban J connectivity index is 1.77. The molecule has 1 amide bonds. The summed E-state index contributed by atoms with van der Waals surface area (Å²) in [6.45, 7) is 1.37. The van der Waals surface area contributed by atoms with Gasteiger partial charge in [-0.2, -0.15) is 5.10 Å². The second-order valence-electron chi connectivity index (χ2n) is 7.39. The number of halogens is 2. The standard InChI is InChI=1S/C22H15F2N5O3S/c1-10(30)26-22-27-16-5-4-12-18(11-3-2-6-25-9-11)28-29(19(12)20(16)33-22)17-8-14(23)13(21(31)32)7-15(17)24/h2-3,6-9H,4-5H2,1H3,(H,31,32)(H,26,27,30). The van der Waals surface area contributed by atoms with Crippen molar-refractivity contribution in [2.75, 3.05) is 5.32 Å². The van der Waals surface area contributed by atoms with Crippen LogP contribution >= 0.6 is 11.3 Å². The van der Waals surface area contributed by atoms with Gasteiger partial charge >= 0.3 is 5.97 Å². The Kier molecular flexibility index (Phi) is 4.97.